The Morgan fingerprint density at radius 1 is 1.35 bits per heavy atom. The monoisotopic (exact) mass is 337 g/mol. The highest BCUT2D eigenvalue weighted by atomic mass is 32.2. The number of nitrogens with two attached hydrogens (primary N) is 1. The van der Waals surface area contributed by atoms with Crippen LogP contribution in [0.15, 0.2) is 45.9 Å². The van der Waals surface area contributed by atoms with Crippen LogP contribution in [0.5, 0.6) is 0 Å². The fraction of sp³-hybridized carbons (Fsp3) is 0.286. The van der Waals surface area contributed by atoms with Crippen molar-refractivity contribution in [2.24, 2.45) is 5.14 Å². The molecule has 1 aromatic heterocycles. The Morgan fingerprint density at radius 3 is 2.74 bits per heavy atom. The first-order valence-electron chi connectivity index (χ1n) is 6.99. The smallest absolute Gasteiger partial charge is 0.271 e. The molecule has 122 valence electrons. The van der Waals surface area contributed by atoms with Gasteiger partial charge in [-0.05, 0) is 31.0 Å². The van der Waals surface area contributed by atoms with E-state index in [2.05, 4.69) is 0 Å². The highest BCUT2D eigenvalue weighted by Crippen LogP contribution is 2.40. The average Bonchev–Trinajstić information content (AvgIpc) is 3.16. The number of primary sulfonamides is 1. The number of nitro benzene ring substituents is 1. The predicted octanol–water partition coefficient (Wildman–Crippen LogP) is 2.18. The summed E-state index contributed by atoms with van der Waals surface area (Å²) in [5.74, 6) is 0.689. The molecule has 23 heavy (non-hydrogen) atoms. The second-order valence-corrected chi connectivity index (χ2v) is 6.85. The molecule has 2 heterocycles. The normalized spacial score (nSPS) is 18.3. The third-order valence-corrected chi connectivity index (χ3v) is 4.85. The third-order valence-electron chi connectivity index (χ3n) is 3.89. The molecular weight excluding hydrogens is 322 g/mol. The largest absolute Gasteiger partial charge is 0.467 e. The topological polar surface area (TPSA) is 120 Å². The van der Waals surface area contributed by atoms with Gasteiger partial charge in [0.2, 0.25) is 10.0 Å². The van der Waals surface area contributed by atoms with Gasteiger partial charge < -0.3 is 9.32 Å². The standard InChI is InChI=1S/C14H15N3O5S/c15-23(20,21)14-6-5-10(17(18)19)9-12(14)16-7-1-3-11(16)13-4-2-8-22-13/h2,4-6,8-9,11H,1,3,7H2,(H2,15,20,21)/t11-/m1/s1. The highest BCUT2D eigenvalue weighted by molar-refractivity contribution is 7.89. The van der Waals surface area contributed by atoms with Crippen LogP contribution in [-0.2, 0) is 10.0 Å². The Balaban J connectivity index is 2.13. The van der Waals surface area contributed by atoms with Gasteiger partial charge in [0, 0.05) is 18.7 Å². The van der Waals surface area contributed by atoms with Crippen molar-refractivity contribution < 1.29 is 17.8 Å². The highest BCUT2D eigenvalue weighted by Gasteiger charge is 2.32. The molecule has 8 nitrogen and oxygen atoms in total. The van der Waals surface area contributed by atoms with Crippen LogP contribution in [0.25, 0.3) is 0 Å². The minimum absolute atomic E-state index is 0.124. The molecule has 1 saturated heterocycles. The first kappa shape index (κ1) is 15.5. The van der Waals surface area contributed by atoms with Crippen molar-refractivity contribution in [1.82, 2.24) is 0 Å². The Labute approximate surface area is 132 Å². The van der Waals surface area contributed by atoms with Gasteiger partial charge in [-0.25, -0.2) is 13.6 Å². The molecule has 0 aliphatic carbocycles. The van der Waals surface area contributed by atoms with E-state index in [-0.39, 0.29) is 22.3 Å². The van der Waals surface area contributed by atoms with E-state index in [1.165, 1.54) is 12.1 Å². The van der Waals surface area contributed by atoms with Crippen LogP contribution < -0.4 is 10.0 Å². The van der Waals surface area contributed by atoms with Crippen molar-refractivity contribution in [1.29, 1.82) is 0 Å². The third kappa shape index (κ3) is 2.92. The summed E-state index contributed by atoms with van der Waals surface area (Å²) < 4.78 is 29.1. The van der Waals surface area contributed by atoms with E-state index >= 15 is 0 Å². The molecule has 0 amide bonds. The van der Waals surface area contributed by atoms with E-state index in [1.807, 2.05) is 0 Å². The fourth-order valence-corrected chi connectivity index (χ4v) is 3.64. The summed E-state index contributed by atoms with van der Waals surface area (Å²) in [5, 5.41) is 16.3. The lowest BCUT2D eigenvalue weighted by atomic mass is 10.1. The zero-order valence-electron chi connectivity index (χ0n) is 12.1. The van der Waals surface area contributed by atoms with E-state index in [1.54, 1.807) is 23.3 Å². The lowest BCUT2D eigenvalue weighted by Gasteiger charge is -2.26. The molecular formula is C14H15N3O5S. The maximum Gasteiger partial charge on any atom is 0.271 e. The van der Waals surface area contributed by atoms with Gasteiger partial charge in [0.05, 0.1) is 22.9 Å². The maximum atomic E-state index is 11.8. The lowest BCUT2D eigenvalue weighted by Crippen LogP contribution is -2.26. The number of nitro groups is 1. The summed E-state index contributed by atoms with van der Waals surface area (Å²) in [5.41, 5.74) is 0.0538. The molecule has 1 fully saturated rings. The first-order chi connectivity index (χ1) is 10.9. The van der Waals surface area contributed by atoms with Gasteiger partial charge in [0.25, 0.3) is 5.69 Å². The predicted molar refractivity (Wildman–Crippen MR) is 82.5 cm³/mol. The molecule has 2 aromatic rings. The van der Waals surface area contributed by atoms with Gasteiger partial charge in [-0.1, -0.05) is 0 Å². The number of sulfonamides is 1. The minimum atomic E-state index is -4.00. The lowest BCUT2D eigenvalue weighted by molar-refractivity contribution is -0.384. The number of benzene rings is 1. The van der Waals surface area contributed by atoms with Crippen LogP contribution in [0.4, 0.5) is 11.4 Å². The van der Waals surface area contributed by atoms with Crippen LogP contribution in [0.2, 0.25) is 0 Å². The molecule has 0 spiro atoms. The average molecular weight is 337 g/mol. The van der Waals surface area contributed by atoms with Gasteiger partial charge in [0.15, 0.2) is 0 Å². The molecule has 0 saturated carbocycles. The quantitative estimate of drug-likeness (QED) is 0.674. The molecule has 1 atom stereocenters. The van der Waals surface area contributed by atoms with Crippen LogP contribution >= 0.6 is 0 Å². The Kier molecular flexibility index (Phi) is 3.82. The van der Waals surface area contributed by atoms with Gasteiger partial charge in [-0.3, -0.25) is 10.1 Å². The molecule has 3 rings (SSSR count). The minimum Gasteiger partial charge on any atom is -0.467 e. The summed E-state index contributed by atoms with van der Waals surface area (Å²) in [4.78, 5) is 12.1. The fourth-order valence-electron chi connectivity index (χ4n) is 2.92. The van der Waals surface area contributed by atoms with Crippen molar-refractivity contribution in [2.75, 3.05) is 11.4 Å². The molecule has 0 unspecified atom stereocenters. The summed E-state index contributed by atoms with van der Waals surface area (Å²) in [6.07, 6.45) is 3.12. The zero-order valence-corrected chi connectivity index (χ0v) is 12.9. The molecule has 2 N–H and O–H groups in total. The Bertz CT molecular complexity index is 832. The van der Waals surface area contributed by atoms with E-state index in [4.69, 9.17) is 9.56 Å². The van der Waals surface area contributed by atoms with Gasteiger partial charge >= 0.3 is 0 Å². The summed E-state index contributed by atoms with van der Waals surface area (Å²) >= 11 is 0. The van der Waals surface area contributed by atoms with Crippen molar-refractivity contribution in [3.05, 3.63) is 52.5 Å². The number of non-ortho nitro benzene ring substituents is 1. The number of anilines is 1. The van der Waals surface area contributed by atoms with Crippen LogP contribution in [-0.4, -0.2) is 19.9 Å². The van der Waals surface area contributed by atoms with Crippen molar-refractivity contribution in [2.45, 2.75) is 23.8 Å². The van der Waals surface area contributed by atoms with Crippen molar-refractivity contribution >= 4 is 21.4 Å². The zero-order chi connectivity index (χ0) is 16.6. The van der Waals surface area contributed by atoms with E-state index < -0.39 is 14.9 Å². The molecule has 0 radical (unpaired) electrons. The SMILES string of the molecule is NS(=O)(=O)c1ccc([N+](=O)[O-])cc1N1CCC[C@@H]1c1ccco1. The summed E-state index contributed by atoms with van der Waals surface area (Å²) in [6, 6.07) is 6.95. The maximum absolute atomic E-state index is 11.8. The van der Waals surface area contributed by atoms with Gasteiger partial charge in [-0.2, -0.15) is 0 Å². The van der Waals surface area contributed by atoms with E-state index in [9.17, 15) is 18.5 Å². The molecule has 1 aliphatic rings. The molecule has 1 aliphatic heterocycles. The number of hydrogen-bond donors (Lipinski definition) is 1. The van der Waals surface area contributed by atoms with E-state index in [0.717, 1.165) is 18.9 Å². The second-order valence-electron chi connectivity index (χ2n) is 5.32. The second kappa shape index (κ2) is 5.67. The van der Waals surface area contributed by atoms with Crippen LogP contribution in [0, 0.1) is 10.1 Å². The number of hydrogen-bond acceptors (Lipinski definition) is 6. The first-order valence-corrected chi connectivity index (χ1v) is 8.54. The summed E-state index contributed by atoms with van der Waals surface area (Å²) in [7, 11) is -4.00. The van der Waals surface area contributed by atoms with E-state index in [0.29, 0.717) is 12.3 Å². The number of rotatable bonds is 4. The number of furan rings is 1. The van der Waals surface area contributed by atoms with Crippen molar-refractivity contribution in [3.63, 3.8) is 0 Å². The summed E-state index contributed by atoms with van der Waals surface area (Å²) in [6.45, 7) is 0.565. The molecule has 1 aromatic carbocycles. The van der Waals surface area contributed by atoms with Crippen molar-refractivity contribution in [3.8, 4) is 0 Å². The molecule has 0 bridgehead atoms. The Hall–Kier alpha value is -2.39. The Morgan fingerprint density at radius 2 is 2.13 bits per heavy atom. The number of nitrogens with zero attached hydrogens (tertiary/aromatic N) is 2. The van der Waals surface area contributed by atoms with Gasteiger partial charge in [-0.15, -0.1) is 0 Å². The van der Waals surface area contributed by atoms with Crippen LogP contribution in [0.1, 0.15) is 24.6 Å². The molecule has 9 heteroatoms. The van der Waals surface area contributed by atoms with Gasteiger partial charge in [0.1, 0.15) is 10.7 Å². The van der Waals surface area contributed by atoms with Crippen LogP contribution in [0.3, 0.4) is 0 Å².